The van der Waals surface area contributed by atoms with E-state index in [9.17, 15) is 0 Å². The maximum Gasteiger partial charge on any atom is 0.176 e. The van der Waals surface area contributed by atoms with Crippen molar-refractivity contribution in [1.82, 2.24) is 5.43 Å². The summed E-state index contributed by atoms with van der Waals surface area (Å²) in [7, 11) is 0. The van der Waals surface area contributed by atoms with Crippen molar-refractivity contribution in [3.63, 3.8) is 0 Å². The van der Waals surface area contributed by atoms with Gasteiger partial charge in [0.05, 0.1) is 11.4 Å². The first-order chi connectivity index (χ1) is 11.8. The van der Waals surface area contributed by atoms with Crippen molar-refractivity contribution in [2.24, 2.45) is 5.10 Å². The van der Waals surface area contributed by atoms with Gasteiger partial charge in [-0.25, -0.2) is 0 Å². The molecule has 5 heteroatoms. The van der Waals surface area contributed by atoms with Gasteiger partial charge in [0, 0.05) is 10.6 Å². The van der Waals surface area contributed by atoms with Crippen LogP contribution < -0.4 is 15.7 Å². The van der Waals surface area contributed by atoms with Crippen LogP contribution in [0.2, 0.25) is 5.02 Å². The van der Waals surface area contributed by atoms with Gasteiger partial charge in [-0.1, -0.05) is 48.0 Å². The van der Waals surface area contributed by atoms with Crippen LogP contribution in [0.4, 0.5) is 11.4 Å². The third-order valence-electron chi connectivity index (χ3n) is 3.70. The smallest absolute Gasteiger partial charge is 0.176 e. The average Bonchev–Trinajstić information content (AvgIpc) is 3.09. The summed E-state index contributed by atoms with van der Waals surface area (Å²) in [5.41, 5.74) is 6.29. The van der Waals surface area contributed by atoms with Crippen LogP contribution in [0.25, 0.3) is 0 Å². The lowest BCUT2D eigenvalue weighted by molar-refractivity contribution is 0.771. The summed E-state index contributed by atoms with van der Waals surface area (Å²) in [5, 5.41) is 9.21. The number of rotatable bonds is 3. The predicted octanol–water partition coefficient (Wildman–Crippen LogP) is 4.45. The van der Waals surface area contributed by atoms with Crippen LogP contribution in [0.3, 0.4) is 0 Å². The van der Waals surface area contributed by atoms with E-state index in [0.29, 0.717) is 5.02 Å². The molecule has 0 spiro atoms. The Hall–Kier alpha value is -2.98. The number of hydrogen-bond acceptors (Lipinski definition) is 4. The van der Waals surface area contributed by atoms with Crippen LogP contribution in [-0.4, -0.2) is 5.84 Å². The minimum absolute atomic E-state index is 0.706. The molecule has 0 aliphatic carbocycles. The first-order valence-corrected chi connectivity index (χ1v) is 8.00. The maximum atomic E-state index is 5.99. The molecule has 0 amide bonds. The van der Waals surface area contributed by atoms with Crippen molar-refractivity contribution in [3.05, 3.63) is 95.5 Å². The fraction of sp³-hybridized carbons (Fsp3) is 0. The van der Waals surface area contributed by atoms with Crippen molar-refractivity contribution >= 4 is 28.8 Å². The summed E-state index contributed by atoms with van der Waals surface area (Å²) in [6.07, 6.45) is 0. The summed E-state index contributed by atoms with van der Waals surface area (Å²) in [6, 6.07) is 27.7. The molecule has 0 saturated carbocycles. The Morgan fingerprint density at radius 2 is 1.29 bits per heavy atom. The zero-order valence-corrected chi connectivity index (χ0v) is 13.6. The van der Waals surface area contributed by atoms with Crippen molar-refractivity contribution < 1.29 is 0 Å². The Kier molecular flexibility index (Phi) is 3.81. The highest BCUT2D eigenvalue weighted by atomic mass is 35.5. The SMILES string of the molecule is Clc1ccc(C2=NN(c3ccccc3)N(c3ccccc3)N2)cc1. The Bertz CT molecular complexity index is 848. The number of amidine groups is 1. The van der Waals surface area contributed by atoms with Gasteiger partial charge in [-0.15, -0.1) is 5.10 Å². The fourth-order valence-corrected chi connectivity index (χ4v) is 2.64. The molecule has 24 heavy (non-hydrogen) atoms. The van der Waals surface area contributed by atoms with Crippen LogP contribution >= 0.6 is 11.6 Å². The number of benzene rings is 3. The second-order valence-electron chi connectivity index (χ2n) is 5.34. The maximum absolute atomic E-state index is 5.99. The molecule has 0 aromatic heterocycles. The highest BCUT2D eigenvalue weighted by molar-refractivity contribution is 6.30. The number of anilines is 2. The number of para-hydroxylation sites is 2. The van der Waals surface area contributed by atoms with E-state index in [1.165, 1.54) is 0 Å². The van der Waals surface area contributed by atoms with E-state index in [4.69, 9.17) is 16.7 Å². The number of nitrogens with one attached hydrogen (secondary N) is 1. The zero-order valence-electron chi connectivity index (χ0n) is 12.8. The number of nitrogens with zero attached hydrogens (tertiary/aromatic N) is 3. The number of hydrogen-bond donors (Lipinski definition) is 1. The lowest BCUT2D eigenvalue weighted by Crippen LogP contribution is -2.44. The topological polar surface area (TPSA) is 30.9 Å². The van der Waals surface area contributed by atoms with Crippen LogP contribution in [-0.2, 0) is 0 Å². The molecule has 0 saturated heterocycles. The lowest BCUT2D eigenvalue weighted by Gasteiger charge is -2.27. The molecule has 0 unspecified atom stereocenters. The molecule has 1 aliphatic rings. The lowest BCUT2D eigenvalue weighted by atomic mass is 10.2. The molecule has 0 fully saturated rings. The third-order valence-corrected chi connectivity index (χ3v) is 3.95. The van der Waals surface area contributed by atoms with E-state index in [1.807, 2.05) is 95.2 Å². The van der Waals surface area contributed by atoms with E-state index in [1.54, 1.807) is 0 Å². The van der Waals surface area contributed by atoms with Gasteiger partial charge >= 0.3 is 0 Å². The van der Waals surface area contributed by atoms with E-state index in [2.05, 4.69) is 5.43 Å². The molecular weight excluding hydrogens is 320 g/mol. The highest BCUT2D eigenvalue weighted by Gasteiger charge is 2.25. The van der Waals surface area contributed by atoms with Gasteiger partial charge in [0.1, 0.15) is 0 Å². The van der Waals surface area contributed by atoms with Gasteiger partial charge in [-0.3, -0.25) is 5.43 Å². The predicted molar refractivity (Wildman–Crippen MR) is 99.0 cm³/mol. The molecule has 1 N–H and O–H groups in total. The summed E-state index contributed by atoms with van der Waals surface area (Å²) >= 11 is 5.99. The van der Waals surface area contributed by atoms with E-state index < -0.39 is 0 Å². The minimum Gasteiger partial charge on any atom is -0.259 e. The summed E-state index contributed by atoms with van der Waals surface area (Å²) in [5.74, 6) is 0.763. The van der Waals surface area contributed by atoms with Crippen molar-refractivity contribution in [2.75, 3.05) is 10.2 Å². The van der Waals surface area contributed by atoms with E-state index in [-0.39, 0.29) is 0 Å². The first-order valence-electron chi connectivity index (χ1n) is 7.63. The quantitative estimate of drug-likeness (QED) is 0.767. The zero-order chi connectivity index (χ0) is 16.4. The third kappa shape index (κ3) is 2.79. The Balaban J connectivity index is 1.74. The summed E-state index contributed by atoms with van der Waals surface area (Å²) < 4.78 is 0. The van der Waals surface area contributed by atoms with Gasteiger partial charge in [0.15, 0.2) is 5.84 Å². The molecule has 3 aromatic carbocycles. The number of halogens is 1. The van der Waals surface area contributed by atoms with Gasteiger partial charge < -0.3 is 0 Å². The van der Waals surface area contributed by atoms with Gasteiger partial charge in [-0.05, 0) is 48.5 Å². The van der Waals surface area contributed by atoms with Crippen molar-refractivity contribution in [1.29, 1.82) is 0 Å². The summed E-state index contributed by atoms with van der Waals surface area (Å²) in [4.78, 5) is 0. The second kappa shape index (κ2) is 6.26. The normalized spacial score (nSPS) is 13.6. The molecule has 4 nitrogen and oxygen atoms in total. The van der Waals surface area contributed by atoms with Gasteiger partial charge in [0.2, 0.25) is 0 Å². The van der Waals surface area contributed by atoms with Gasteiger partial charge in [-0.2, -0.15) is 10.2 Å². The fourth-order valence-electron chi connectivity index (χ4n) is 2.52. The molecule has 0 bridgehead atoms. The summed E-state index contributed by atoms with van der Waals surface area (Å²) in [6.45, 7) is 0. The van der Waals surface area contributed by atoms with Crippen molar-refractivity contribution in [3.8, 4) is 0 Å². The number of hydrazone groups is 1. The largest absolute Gasteiger partial charge is 0.259 e. The Labute approximate surface area is 145 Å². The standard InChI is InChI=1S/C19H15ClN4/c20-16-13-11-15(12-14-16)19-21-23(17-7-3-1-4-8-17)24(22-19)18-9-5-2-6-10-18/h1-14H,(H,21,22). The molecule has 1 aliphatic heterocycles. The molecule has 1 heterocycles. The van der Waals surface area contributed by atoms with Crippen LogP contribution in [0.5, 0.6) is 0 Å². The molecular formula is C19H15ClN4. The second-order valence-corrected chi connectivity index (χ2v) is 5.78. The molecule has 0 atom stereocenters. The molecule has 0 radical (unpaired) electrons. The van der Waals surface area contributed by atoms with Crippen LogP contribution in [0, 0.1) is 0 Å². The molecule has 118 valence electrons. The van der Waals surface area contributed by atoms with E-state index in [0.717, 1.165) is 22.8 Å². The van der Waals surface area contributed by atoms with E-state index >= 15 is 0 Å². The molecule has 4 rings (SSSR count). The highest BCUT2D eigenvalue weighted by Crippen LogP contribution is 2.25. The molecule has 3 aromatic rings. The Morgan fingerprint density at radius 1 is 0.708 bits per heavy atom. The minimum atomic E-state index is 0.706. The number of hydrazine groups is 2. The van der Waals surface area contributed by atoms with Crippen LogP contribution in [0.1, 0.15) is 5.56 Å². The van der Waals surface area contributed by atoms with Crippen LogP contribution in [0.15, 0.2) is 90.0 Å². The van der Waals surface area contributed by atoms with Gasteiger partial charge in [0.25, 0.3) is 0 Å². The first kappa shape index (κ1) is 14.6. The Morgan fingerprint density at radius 3 is 1.92 bits per heavy atom. The average molecular weight is 335 g/mol. The monoisotopic (exact) mass is 334 g/mol. The van der Waals surface area contributed by atoms with Crippen molar-refractivity contribution in [2.45, 2.75) is 0 Å².